The standard InChI is InChI=1S/C40H39N5O8/c1-44-25-28-6-2-3-7-29(28)37-36(30-8-4-5-9-32(30)44)42-43-45(37)17-19-51-21-23-52-22-20-50-18-16-41-40(49)27-12-10-26(11-13-27)35-24-34(47)31-14-15-33(46)38(48)39(31)53-35/h2-15,24,46,48H,16-23,25H2,1H3,(H,41,49). The molecule has 0 bridgehead atoms. The van der Waals surface area contributed by atoms with Crippen LogP contribution in [-0.2, 0) is 27.3 Å². The fraction of sp³-hybridized carbons (Fsp3) is 0.250. The smallest absolute Gasteiger partial charge is 0.251 e. The number of aromatic hydroxyl groups is 2. The molecular weight excluding hydrogens is 678 g/mol. The lowest BCUT2D eigenvalue weighted by atomic mass is 9.96. The predicted molar refractivity (Wildman–Crippen MR) is 199 cm³/mol. The molecule has 0 spiro atoms. The molecule has 0 aliphatic carbocycles. The number of nitrogens with zero attached hydrogens (tertiary/aromatic N) is 4. The summed E-state index contributed by atoms with van der Waals surface area (Å²) in [6.07, 6.45) is 0. The van der Waals surface area contributed by atoms with E-state index >= 15 is 0 Å². The van der Waals surface area contributed by atoms with Crippen molar-refractivity contribution < 1.29 is 33.6 Å². The van der Waals surface area contributed by atoms with Gasteiger partial charge in [0.2, 0.25) is 5.75 Å². The van der Waals surface area contributed by atoms with E-state index in [1.165, 1.54) is 23.8 Å². The van der Waals surface area contributed by atoms with Gasteiger partial charge >= 0.3 is 0 Å². The molecule has 4 aromatic carbocycles. The predicted octanol–water partition coefficient (Wildman–Crippen LogP) is 5.23. The Labute approximate surface area is 305 Å². The molecule has 0 atom stereocenters. The van der Waals surface area contributed by atoms with Gasteiger partial charge in [0.05, 0.1) is 57.3 Å². The zero-order chi connectivity index (χ0) is 36.7. The first-order valence-corrected chi connectivity index (χ1v) is 17.3. The number of amides is 1. The van der Waals surface area contributed by atoms with Crippen LogP contribution >= 0.6 is 0 Å². The third-order valence-electron chi connectivity index (χ3n) is 8.99. The Balaban J connectivity index is 0.799. The molecule has 6 aromatic rings. The number of fused-ring (bicyclic) bond motifs is 6. The van der Waals surface area contributed by atoms with Crippen LogP contribution < -0.4 is 15.6 Å². The number of carbonyl (C=O) groups is 1. The first-order chi connectivity index (χ1) is 25.9. The van der Waals surface area contributed by atoms with E-state index in [0.29, 0.717) is 63.9 Å². The number of benzene rings is 4. The second-order valence-electron chi connectivity index (χ2n) is 12.5. The molecule has 7 rings (SSSR count). The monoisotopic (exact) mass is 717 g/mol. The van der Waals surface area contributed by atoms with Crippen LogP contribution in [-0.4, -0.2) is 84.3 Å². The Morgan fingerprint density at radius 1 is 0.849 bits per heavy atom. The molecule has 272 valence electrons. The summed E-state index contributed by atoms with van der Waals surface area (Å²) < 4.78 is 24.7. The van der Waals surface area contributed by atoms with Gasteiger partial charge in [-0.05, 0) is 35.9 Å². The minimum absolute atomic E-state index is 0.108. The maximum absolute atomic E-state index is 12.6. The van der Waals surface area contributed by atoms with E-state index in [1.54, 1.807) is 24.3 Å². The number of aromatic nitrogens is 3. The van der Waals surface area contributed by atoms with E-state index in [0.717, 1.165) is 34.7 Å². The second-order valence-corrected chi connectivity index (χ2v) is 12.5. The molecule has 0 unspecified atom stereocenters. The third-order valence-corrected chi connectivity index (χ3v) is 8.99. The number of nitrogens with one attached hydrogen (secondary N) is 1. The summed E-state index contributed by atoms with van der Waals surface area (Å²) in [4.78, 5) is 27.3. The van der Waals surface area contributed by atoms with Gasteiger partial charge in [-0.15, -0.1) is 5.10 Å². The van der Waals surface area contributed by atoms with Crippen molar-refractivity contribution in [3.05, 3.63) is 112 Å². The van der Waals surface area contributed by atoms with E-state index in [1.807, 2.05) is 22.9 Å². The third kappa shape index (κ3) is 7.77. The van der Waals surface area contributed by atoms with Crippen LogP contribution in [0.1, 0.15) is 15.9 Å². The molecule has 3 heterocycles. The van der Waals surface area contributed by atoms with Crippen LogP contribution in [0, 0.1) is 0 Å². The van der Waals surface area contributed by atoms with Crippen molar-refractivity contribution in [3.63, 3.8) is 0 Å². The minimum Gasteiger partial charge on any atom is -0.504 e. The summed E-state index contributed by atoms with van der Waals surface area (Å²) in [5, 5.41) is 32.0. The molecule has 1 aliphatic rings. The first kappa shape index (κ1) is 35.4. The molecule has 1 amide bonds. The summed E-state index contributed by atoms with van der Waals surface area (Å²) in [5.74, 6) is -0.985. The van der Waals surface area contributed by atoms with Gasteiger partial charge in [-0.3, -0.25) is 9.59 Å². The van der Waals surface area contributed by atoms with Crippen LogP contribution in [0.3, 0.4) is 0 Å². The molecule has 3 N–H and O–H groups in total. The van der Waals surface area contributed by atoms with Gasteiger partial charge in [0, 0.05) is 54.1 Å². The number of rotatable bonds is 14. The molecule has 0 saturated heterocycles. The molecule has 1 aliphatic heterocycles. The quantitative estimate of drug-likeness (QED) is 0.100. The van der Waals surface area contributed by atoms with Crippen molar-refractivity contribution in [1.29, 1.82) is 0 Å². The fourth-order valence-corrected chi connectivity index (χ4v) is 6.31. The Morgan fingerprint density at radius 2 is 1.55 bits per heavy atom. The number of hydrogen-bond donors (Lipinski definition) is 3. The summed E-state index contributed by atoms with van der Waals surface area (Å²) in [6.45, 7) is 4.01. The zero-order valence-corrected chi connectivity index (χ0v) is 29.2. The second kappa shape index (κ2) is 16.1. The number of phenols is 2. The van der Waals surface area contributed by atoms with Crippen LogP contribution in [0.25, 0.3) is 44.8 Å². The maximum atomic E-state index is 12.6. The molecule has 53 heavy (non-hydrogen) atoms. The molecule has 0 radical (unpaired) electrons. The summed E-state index contributed by atoms with van der Waals surface area (Å²) >= 11 is 0. The molecule has 2 aromatic heterocycles. The van der Waals surface area contributed by atoms with Gasteiger partial charge in [-0.25, -0.2) is 4.68 Å². The Bertz CT molecular complexity index is 2280. The summed E-state index contributed by atoms with van der Waals surface area (Å²) in [7, 11) is 2.10. The number of phenolic OH excluding ortho intramolecular Hbond substituents is 2. The van der Waals surface area contributed by atoms with E-state index in [4.69, 9.17) is 18.6 Å². The molecule has 13 heteroatoms. The highest BCUT2D eigenvalue weighted by Crippen LogP contribution is 2.40. The van der Waals surface area contributed by atoms with Crippen LogP contribution in [0.4, 0.5) is 5.69 Å². The normalized spacial score (nSPS) is 12.1. The Hall–Kier alpha value is -6.02. The topological polar surface area (TPSA) is 161 Å². The van der Waals surface area contributed by atoms with Crippen molar-refractivity contribution in [2.75, 3.05) is 58.1 Å². The lowest BCUT2D eigenvalue weighted by molar-refractivity contribution is 0.0133. The van der Waals surface area contributed by atoms with Gasteiger partial charge < -0.3 is 39.1 Å². The maximum Gasteiger partial charge on any atom is 0.251 e. The lowest BCUT2D eigenvalue weighted by Crippen LogP contribution is -2.27. The van der Waals surface area contributed by atoms with Crippen molar-refractivity contribution in [2.45, 2.75) is 13.1 Å². The van der Waals surface area contributed by atoms with Crippen LogP contribution in [0.2, 0.25) is 0 Å². The van der Waals surface area contributed by atoms with Crippen molar-refractivity contribution >= 4 is 22.6 Å². The highest BCUT2D eigenvalue weighted by atomic mass is 16.5. The summed E-state index contributed by atoms with van der Waals surface area (Å²) in [6, 6.07) is 27.0. The largest absolute Gasteiger partial charge is 0.504 e. The Morgan fingerprint density at radius 3 is 2.34 bits per heavy atom. The fourth-order valence-electron chi connectivity index (χ4n) is 6.31. The van der Waals surface area contributed by atoms with Crippen molar-refractivity contribution in [3.8, 4) is 45.3 Å². The average Bonchev–Trinajstić information content (AvgIpc) is 3.59. The van der Waals surface area contributed by atoms with Crippen LogP contribution in [0.15, 0.2) is 100 Å². The Kier molecular flexibility index (Phi) is 10.8. The zero-order valence-electron chi connectivity index (χ0n) is 29.2. The number of anilines is 1. The van der Waals surface area contributed by atoms with E-state index in [-0.39, 0.29) is 33.8 Å². The van der Waals surface area contributed by atoms with Crippen molar-refractivity contribution in [1.82, 2.24) is 20.3 Å². The lowest BCUT2D eigenvalue weighted by Gasteiger charge is -2.26. The van der Waals surface area contributed by atoms with Gasteiger partial charge in [-0.2, -0.15) is 0 Å². The SMILES string of the molecule is CN1Cc2ccccc2-c2c(nnn2CCOCCOCCOCCNC(=O)c2ccc(-c3cc(=O)c4ccc(O)c(O)c4o3)cc2)-c2ccccc21. The first-order valence-electron chi connectivity index (χ1n) is 17.3. The number of para-hydroxylation sites is 1. The highest BCUT2D eigenvalue weighted by molar-refractivity contribution is 5.94. The van der Waals surface area contributed by atoms with Gasteiger partial charge in [0.25, 0.3) is 5.91 Å². The number of carbonyl (C=O) groups excluding carboxylic acids is 1. The van der Waals surface area contributed by atoms with E-state index < -0.39 is 5.75 Å². The summed E-state index contributed by atoms with van der Waals surface area (Å²) in [5.41, 5.74) is 6.82. The van der Waals surface area contributed by atoms with Gasteiger partial charge in [0.15, 0.2) is 16.8 Å². The molecule has 0 fully saturated rings. The van der Waals surface area contributed by atoms with E-state index in [9.17, 15) is 19.8 Å². The van der Waals surface area contributed by atoms with Crippen molar-refractivity contribution in [2.24, 2.45) is 0 Å². The van der Waals surface area contributed by atoms with E-state index in [2.05, 4.69) is 57.9 Å². The van der Waals surface area contributed by atoms with Crippen LogP contribution in [0.5, 0.6) is 11.5 Å². The highest BCUT2D eigenvalue weighted by Gasteiger charge is 2.25. The van der Waals surface area contributed by atoms with Gasteiger partial charge in [0.1, 0.15) is 11.5 Å². The molecular formula is C40H39N5O8. The molecule has 13 nitrogen and oxygen atoms in total. The average molecular weight is 718 g/mol. The molecule has 0 saturated carbocycles. The number of hydrogen-bond acceptors (Lipinski definition) is 11. The number of ether oxygens (including phenoxy) is 3. The minimum atomic E-state index is -0.507. The van der Waals surface area contributed by atoms with Gasteiger partial charge in [-0.1, -0.05) is 59.8 Å².